The third-order valence-electron chi connectivity index (χ3n) is 2.34. The fraction of sp³-hybridized carbons (Fsp3) is 0.0909. The third kappa shape index (κ3) is 2.61. The van der Waals surface area contributed by atoms with Crippen LogP contribution in [0.3, 0.4) is 0 Å². The first-order valence-corrected chi connectivity index (χ1v) is 5.54. The minimum atomic E-state index is -0.307. The molecule has 1 aromatic carbocycles. The highest BCUT2D eigenvalue weighted by Gasteiger charge is 2.12. The standard InChI is InChI=1S/C11H12ClN5O/c1-17-6-8(5-14-17)15-11(18)9-4-7(12)2-3-10(9)16-13/h2-6,16H,13H2,1H3,(H,15,18). The summed E-state index contributed by atoms with van der Waals surface area (Å²) in [5, 5.41) is 7.13. The van der Waals surface area contributed by atoms with Crippen molar-refractivity contribution in [2.24, 2.45) is 12.9 Å². The number of halogens is 1. The van der Waals surface area contributed by atoms with Crippen molar-refractivity contribution in [3.05, 3.63) is 41.2 Å². The van der Waals surface area contributed by atoms with Crippen LogP contribution >= 0.6 is 11.6 Å². The summed E-state index contributed by atoms with van der Waals surface area (Å²) in [7, 11) is 1.77. The van der Waals surface area contributed by atoms with E-state index in [0.717, 1.165) is 0 Å². The van der Waals surface area contributed by atoms with Gasteiger partial charge in [-0.05, 0) is 18.2 Å². The SMILES string of the molecule is Cn1cc(NC(=O)c2cc(Cl)ccc2NN)cn1. The van der Waals surface area contributed by atoms with E-state index in [9.17, 15) is 4.79 Å². The lowest BCUT2D eigenvalue weighted by molar-refractivity contribution is 0.102. The number of nitrogens with one attached hydrogen (secondary N) is 2. The minimum Gasteiger partial charge on any atom is -0.323 e. The highest BCUT2D eigenvalue weighted by atomic mass is 35.5. The predicted octanol–water partition coefficient (Wildman–Crippen LogP) is 1.61. The fourth-order valence-electron chi connectivity index (χ4n) is 1.51. The summed E-state index contributed by atoms with van der Waals surface area (Å²) in [6.07, 6.45) is 3.25. The Morgan fingerprint density at radius 1 is 1.50 bits per heavy atom. The molecule has 0 aliphatic rings. The quantitative estimate of drug-likeness (QED) is 0.581. The lowest BCUT2D eigenvalue weighted by atomic mass is 10.1. The molecule has 1 amide bonds. The first-order valence-electron chi connectivity index (χ1n) is 5.16. The van der Waals surface area contributed by atoms with Crippen LogP contribution in [-0.2, 0) is 7.05 Å². The van der Waals surface area contributed by atoms with Crippen molar-refractivity contribution >= 4 is 28.9 Å². The number of aryl methyl sites for hydroxylation is 1. The van der Waals surface area contributed by atoms with Gasteiger partial charge >= 0.3 is 0 Å². The number of nitrogen functional groups attached to an aromatic ring is 1. The maximum absolute atomic E-state index is 12.1. The molecule has 6 nitrogen and oxygen atoms in total. The number of aromatic nitrogens is 2. The van der Waals surface area contributed by atoms with Crippen molar-refractivity contribution in [1.82, 2.24) is 9.78 Å². The number of anilines is 2. The summed E-state index contributed by atoms with van der Waals surface area (Å²) in [5.74, 6) is 5.04. The van der Waals surface area contributed by atoms with E-state index < -0.39 is 0 Å². The highest BCUT2D eigenvalue weighted by molar-refractivity contribution is 6.31. The van der Waals surface area contributed by atoms with Crippen molar-refractivity contribution in [3.8, 4) is 0 Å². The van der Waals surface area contributed by atoms with Crippen LogP contribution in [0.4, 0.5) is 11.4 Å². The zero-order chi connectivity index (χ0) is 13.1. The molecule has 0 atom stereocenters. The van der Waals surface area contributed by atoms with Crippen molar-refractivity contribution in [3.63, 3.8) is 0 Å². The molecule has 0 saturated carbocycles. The van der Waals surface area contributed by atoms with Crippen LogP contribution in [0.2, 0.25) is 5.02 Å². The smallest absolute Gasteiger partial charge is 0.257 e. The molecule has 0 unspecified atom stereocenters. The number of hydrazine groups is 1. The molecule has 4 N–H and O–H groups in total. The van der Waals surface area contributed by atoms with Gasteiger partial charge in [-0.3, -0.25) is 15.3 Å². The summed E-state index contributed by atoms with van der Waals surface area (Å²) in [4.78, 5) is 12.1. The second-order valence-corrected chi connectivity index (χ2v) is 4.13. The lowest BCUT2D eigenvalue weighted by Crippen LogP contribution is -2.17. The van der Waals surface area contributed by atoms with Gasteiger partial charge in [-0.1, -0.05) is 11.6 Å². The molecule has 1 aromatic heterocycles. The molecule has 0 aliphatic carbocycles. The van der Waals surface area contributed by atoms with Crippen LogP contribution in [-0.4, -0.2) is 15.7 Å². The maximum atomic E-state index is 12.1. The largest absolute Gasteiger partial charge is 0.323 e. The number of carbonyl (C=O) groups is 1. The van der Waals surface area contributed by atoms with Crippen molar-refractivity contribution < 1.29 is 4.79 Å². The van der Waals surface area contributed by atoms with Crippen molar-refractivity contribution in [1.29, 1.82) is 0 Å². The summed E-state index contributed by atoms with van der Waals surface area (Å²) in [6, 6.07) is 4.83. The van der Waals surface area contributed by atoms with Crippen LogP contribution < -0.4 is 16.6 Å². The summed E-state index contributed by atoms with van der Waals surface area (Å²) < 4.78 is 1.59. The number of benzene rings is 1. The first-order chi connectivity index (χ1) is 8.60. The molecule has 0 radical (unpaired) electrons. The van der Waals surface area contributed by atoms with Gasteiger partial charge in [0, 0.05) is 18.3 Å². The minimum absolute atomic E-state index is 0.307. The Morgan fingerprint density at radius 3 is 2.89 bits per heavy atom. The molecular weight excluding hydrogens is 254 g/mol. The predicted molar refractivity (Wildman–Crippen MR) is 70.4 cm³/mol. The van der Waals surface area contributed by atoms with E-state index in [1.165, 1.54) is 0 Å². The lowest BCUT2D eigenvalue weighted by Gasteiger charge is -2.08. The Kier molecular flexibility index (Phi) is 3.50. The van der Waals surface area contributed by atoms with Gasteiger partial charge < -0.3 is 10.7 Å². The molecule has 0 bridgehead atoms. The van der Waals surface area contributed by atoms with Crippen LogP contribution in [0.15, 0.2) is 30.6 Å². The summed E-state index contributed by atoms with van der Waals surface area (Å²) in [5.41, 5.74) is 3.93. The molecule has 94 valence electrons. The molecule has 0 saturated heterocycles. The normalized spacial score (nSPS) is 10.2. The van der Waals surface area contributed by atoms with Crippen LogP contribution in [0.1, 0.15) is 10.4 Å². The Hall–Kier alpha value is -2.05. The van der Waals surface area contributed by atoms with Gasteiger partial charge in [0.2, 0.25) is 0 Å². The van der Waals surface area contributed by atoms with E-state index in [0.29, 0.717) is 22.0 Å². The maximum Gasteiger partial charge on any atom is 0.257 e. The molecule has 1 heterocycles. The van der Waals surface area contributed by atoms with E-state index in [1.807, 2.05) is 0 Å². The number of nitrogens with two attached hydrogens (primary N) is 1. The monoisotopic (exact) mass is 265 g/mol. The molecular formula is C11H12ClN5O. The molecule has 0 aliphatic heterocycles. The van der Waals surface area contributed by atoms with Gasteiger partial charge in [-0.2, -0.15) is 5.10 Å². The Morgan fingerprint density at radius 2 is 2.28 bits per heavy atom. The molecule has 7 heteroatoms. The fourth-order valence-corrected chi connectivity index (χ4v) is 1.69. The highest BCUT2D eigenvalue weighted by Crippen LogP contribution is 2.21. The number of amides is 1. The average molecular weight is 266 g/mol. The van der Waals surface area contributed by atoms with E-state index >= 15 is 0 Å². The van der Waals surface area contributed by atoms with Crippen molar-refractivity contribution in [2.75, 3.05) is 10.7 Å². The van der Waals surface area contributed by atoms with E-state index in [1.54, 1.807) is 42.3 Å². The van der Waals surface area contributed by atoms with Gasteiger partial charge in [-0.15, -0.1) is 0 Å². The zero-order valence-electron chi connectivity index (χ0n) is 9.64. The number of nitrogens with zero attached hydrogens (tertiary/aromatic N) is 2. The van der Waals surface area contributed by atoms with Gasteiger partial charge in [-0.25, -0.2) is 0 Å². The van der Waals surface area contributed by atoms with E-state index in [2.05, 4.69) is 15.8 Å². The van der Waals surface area contributed by atoms with E-state index in [4.69, 9.17) is 17.4 Å². The number of hydrogen-bond acceptors (Lipinski definition) is 4. The first kappa shape index (κ1) is 12.4. The third-order valence-corrected chi connectivity index (χ3v) is 2.58. The topological polar surface area (TPSA) is 85.0 Å². The number of rotatable bonds is 3. The molecule has 0 fully saturated rings. The second kappa shape index (κ2) is 5.07. The zero-order valence-corrected chi connectivity index (χ0v) is 10.4. The van der Waals surface area contributed by atoms with Gasteiger partial charge in [0.05, 0.1) is 23.1 Å². The van der Waals surface area contributed by atoms with Gasteiger partial charge in [0.1, 0.15) is 0 Å². The van der Waals surface area contributed by atoms with Crippen LogP contribution in [0, 0.1) is 0 Å². The van der Waals surface area contributed by atoms with Crippen LogP contribution in [0.25, 0.3) is 0 Å². The second-order valence-electron chi connectivity index (χ2n) is 3.69. The van der Waals surface area contributed by atoms with Gasteiger partial charge in [0.25, 0.3) is 5.91 Å². The number of hydrogen-bond donors (Lipinski definition) is 3. The molecule has 2 rings (SSSR count). The average Bonchev–Trinajstić information content (AvgIpc) is 2.74. The van der Waals surface area contributed by atoms with E-state index in [-0.39, 0.29) is 5.91 Å². The van der Waals surface area contributed by atoms with Crippen molar-refractivity contribution in [2.45, 2.75) is 0 Å². The van der Waals surface area contributed by atoms with Gasteiger partial charge in [0.15, 0.2) is 0 Å². The molecule has 0 spiro atoms. The Labute approximate surface area is 109 Å². The summed E-state index contributed by atoms with van der Waals surface area (Å²) in [6.45, 7) is 0. The number of carbonyl (C=O) groups excluding carboxylic acids is 1. The molecule has 18 heavy (non-hydrogen) atoms. The van der Waals surface area contributed by atoms with Crippen LogP contribution in [0.5, 0.6) is 0 Å². The molecule has 2 aromatic rings. The summed E-state index contributed by atoms with van der Waals surface area (Å²) >= 11 is 5.86. The Balaban J connectivity index is 2.25. The Bertz CT molecular complexity index is 581.